The minimum absolute atomic E-state index is 0.0988. The lowest BCUT2D eigenvalue weighted by atomic mass is 9.63. The third kappa shape index (κ3) is 3.15. The zero-order valence-corrected chi connectivity index (χ0v) is 17.8. The van der Waals surface area contributed by atoms with Gasteiger partial charge < -0.3 is 9.64 Å². The highest BCUT2D eigenvalue weighted by molar-refractivity contribution is 7.90. The highest BCUT2D eigenvalue weighted by Gasteiger charge is 2.52. The second-order valence-electron chi connectivity index (χ2n) is 8.09. The molecule has 1 saturated carbocycles. The van der Waals surface area contributed by atoms with E-state index in [0.717, 1.165) is 37.1 Å². The minimum Gasteiger partial charge on any atom is -0.457 e. The second-order valence-corrected chi connectivity index (χ2v) is 10.2. The summed E-state index contributed by atoms with van der Waals surface area (Å²) in [5, 5.41) is 9.52. The first-order valence-corrected chi connectivity index (χ1v) is 12.0. The van der Waals surface area contributed by atoms with Crippen LogP contribution in [0.25, 0.3) is 0 Å². The summed E-state index contributed by atoms with van der Waals surface area (Å²) in [7, 11) is -3.40. The van der Waals surface area contributed by atoms with Gasteiger partial charge in [-0.25, -0.2) is 8.42 Å². The first kappa shape index (κ1) is 19.4. The van der Waals surface area contributed by atoms with Gasteiger partial charge in [0.25, 0.3) is 10.0 Å². The molecule has 2 aromatic carbocycles. The molecule has 0 N–H and O–H groups in total. The fourth-order valence-corrected chi connectivity index (χ4v) is 6.17. The molecule has 8 heteroatoms. The number of rotatable bonds is 3. The monoisotopic (exact) mass is 441 g/mol. The summed E-state index contributed by atoms with van der Waals surface area (Å²) in [5.41, 5.74) is 1.08. The van der Waals surface area contributed by atoms with E-state index < -0.39 is 10.0 Å². The van der Waals surface area contributed by atoms with Crippen LogP contribution in [0.5, 0.6) is 11.5 Å². The van der Waals surface area contributed by atoms with Crippen LogP contribution in [-0.2, 0) is 15.4 Å². The number of sulfonamides is 1. The van der Waals surface area contributed by atoms with Gasteiger partial charge in [-0.05, 0) is 55.5 Å². The number of nitrogens with zero attached hydrogens (tertiary/aromatic N) is 3. The summed E-state index contributed by atoms with van der Waals surface area (Å²) in [6.45, 7) is 0.534. The molecule has 3 heterocycles. The molecular formula is C22H20ClN3O3S. The molecule has 0 unspecified atom stereocenters. The topological polar surface area (TPSA) is 82.8 Å². The van der Waals surface area contributed by atoms with Crippen LogP contribution in [0.4, 0.5) is 0 Å². The van der Waals surface area contributed by atoms with Crippen molar-refractivity contribution in [1.82, 2.24) is 4.90 Å². The molecular weight excluding hydrogens is 422 g/mol. The van der Waals surface area contributed by atoms with Gasteiger partial charge in [0.2, 0.25) is 0 Å². The SMILES string of the molecule is N#Cc1cc(Oc2ccc(C34CCC(CC3)N3CCS(=O)(=O)N=C34)cc2)ccc1Cl. The maximum absolute atomic E-state index is 12.2. The Hall–Kier alpha value is -2.56. The van der Waals surface area contributed by atoms with Crippen molar-refractivity contribution in [1.29, 1.82) is 5.26 Å². The van der Waals surface area contributed by atoms with Crippen LogP contribution in [0.3, 0.4) is 0 Å². The molecule has 0 amide bonds. The van der Waals surface area contributed by atoms with Crippen LogP contribution in [-0.4, -0.2) is 37.5 Å². The molecule has 6 nitrogen and oxygen atoms in total. The second kappa shape index (κ2) is 7.00. The summed E-state index contributed by atoms with van der Waals surface area (Å²) >= 11 is 5.98. The van der Waals surface area contributed by atoms with Gasteiger partial charge in [-0.2, -0.15) is 5.26 Å². The smallest absolute Gasteiger partial charge is 0.256 e. The standard InChI is InChI=1S/C22H20ClN3O3S/c23-20-6-5-19(13-15(20)14-24)29-18-3-1-16(2-4-18)22-9-7-17(8-10-22)26-11-12-30(27,28)25-21(22)26/h1-6,13,17H,7-12H2. The Kier molecular flexibility index (Phi) is 4.53. The van der Waals surface area contributed by atoms with Crippen molar-refractivity contribution < 1.29 is 13.2 Å². The number of benzene rings is 2. The fraction of sp³-hybridized carbons (Fsp3) is 0.364. The van der Waals surface area contributed by atoms with E-state index in [0.29, 0.717) is 34.7 Å². The molecule has 0 atom stereocenters. The van der Waals surface area contributed by atoms with Crippen molar-refractivity contribution >= 4 is 27.5 Å². The molecule has 154 valence electrons. The molecule has 1 aliphatic carbocycles. The number of nitriles is 1. The molecule has 2 bridgehead atoms. The maximum atomic E-state index is 12.2. The van der Waals surface area contributed by atoms with E-state index in [1.807, 2.05) is 30.3 Å². The average molecular weight is 442 g/mol. The summed E-state index contributed by atoms with van der Waals surface area (Å²) in [4.78, 5) is 2.22. The third-order valence-electron chi connectivity index (χ3n) is 6.47. The zero-order valence-electron chi connectivity index (χ0n) is 16.2. The van der Waals surface area contributed by atoms with E-state index in [4.69, 9.17) is 21.6 Å². The van der Waals surface area contributed by atoms with Crippen molar-refractivity contribution in [3.05, 3.63) is 58.6 Å². The highest BCUT2D eigenvalue weighted by Crippen LogP contribution is 2.49. The predicted octanol–water partition coefficient (Wildman–Crippen LogP) is 4.24. The molecule has 0 spiro atoms. The van der Waals surface area contributed by atoms with E-state index in [9.17, 15) is 8.42 Å². The van der Waals surface area contributed by atoms with Gasteiger partial charge in [-0.1, -0.05) is 23.7 Å². The van der Waals surface area contributed by atoms with Crippen molar-refractivity contribution in [2.24, 2.45) is 4.40 Å². The van der Waals surface area contributed by atoms with E-state index in [1.54, 1.807) is 18.2 Å². The molecule has 30 heavy (non-hydrogen) atoms. The zero-order chi connectivity index (χ0) is 20.9. The summed E-state index contributed by atoms with van der Waals surface area (Å²) in [6.07, 6.45) is 3.93. The van der Waals surface area contributed by atoms with Gasteiger partial charge in [0.1, 0.15) is 23.4 Å². The van der Waals surface area contributed by atoms with Crippen LogP contribution in [0.15, 0.2) is 46.9 Å². The number of piperidine rings is 2. The Balaban J connectivity index is 1.46. The van der Waals surface area contributed by atoms with E-state index in [2.05, 4.69) is 9.30 Å². The molecule has 0 aromatic heterocycles. The normalized spacial score (nSPS) is 26.5. The van der Waals surface area contributed by atoms with Gasteiger partial charge in [-0.3, -0.25) is 0 Å². The van der Waals surface area contributed by atoms with Gasteiger partial charge >= 0.3 is 0 Å². The first-order valence-electron chi connectivity index (χ1n) is 9.98. The highest BCUT2D eigenvalue weighted by atomic mass is 35.5. The molecule has 6 rings (SSSR count). The van der Waals surface area contributed by atoms with Gasteiger partial charge in [0, 0.05) is 18.7 Å². The van der Waals surface area contributed by atoms with E-state index >= 15 is 0 Å². The maximum Gasteiger partial charge on any atom is 0.256 e. The Morgan fingerprint density at radius 3 is 2.53 bits per heavy atom. The van der Waals surface area contributed by atoms with Crippen molar-refractivity contribution in [2.45, 2.75) is 37.1 Å². The van der Waals surface area contributed by atoms with E-state index in [-0.39, 0.29) is 11.2 Å². The summed E-state index contributed by atoms with van der Waals surface area (Å²) in [6, 6.07) is 15.2. The largest absolute Gasteiger partial charge is 0.457 e. The van der Waals surface area contributed by atoms with Crippen molar-refractivity contribution in [3.8, 4) is 17.6 Å². The Bertz CT molecular complexity index is 1180. The minimum atomic E-state index is -3.40. The number of hydrogen-bond donors (Lipinski definition) is 0. The lowest BCUT2D eigenvalue weighted by Crippen LogP contribution is -2.62. The van der Waals surface area contributed by atoms with Crippen LogP contribution in [0.1, 0.15) is 36.8 Å². The van der Waals surface area contributed by atoms with Crippen LogP contribution in [0, 0.1) is 11.3 Å². The third-order valence-corrected chi connectivity index (χ3v) is 7.95. The van der Waals surface area contributed by atoms with Crippen LogP contribution >= 0.6 is 11.6 Å². The van der Waals surface area contributed by atoms with Crippen molar-refractivity contribution in [3.63, 3.8) is 0 Å². The average Bonchev–Trinajstić information content (AvgIpc) is 2.75. The van der Waals surface area contributed by atoms with Gasteiger partial charge in [0.05, 0.1) is 21.8 Å². The molecule has 3 aliphatic heterocycles. The van der Waals surface area contributed by atoms with E-state index in [1.165, 1.54) is 0 Å². The number of hydrogen-bond acceptors (Lipinski definition) is 5. The number of ether oxygens (including phenoxy) is 1. The number of fused-ring (bicyclic) bond motifs is 2. The number of halogens is 1. The fourth-order valence-electron chi connectivity index (χ4n) is 4.95. The van der Waals surface area contributed by atoms with Crippen molar-refractivity contribution in [2.75, 3.05) is 12.3 Å². The molecule has 2 aromatic rings. The molecule has 0 radical (unpaired) electrons. The molecule has 3 fully saturated rings. The Morgan fingerprint density at radius 1 is 1.13 bits per heavy atom. The quantitative estimate of drug-likeness (QED) is 0.711. The summed E-state index contributed by atoms with van der Waals surface area (Å²) in [5.74, 6) is 2.00. The molecule has 2 saturated heterocycles. The lowest BCUT2D eigenvalue weighted by Gasteiger charge is -2.55. The predicted molar refractivity (Wildman–Crippen MR) is 115 cm³/mol. The first-order chi connectivity index (χ1) is 14.4. The van der Waals surface area contributed by atoms with Gasteiger partial charge in [-0.15, -0.1) is 4.40 Å². The number of amidine groups is 1. The Morgan fingerprint density at radius 2 is 1.83 bits per heavy atom. The van der Waals surface area contributed by atoms with Crippen LogP contribution < -0.4 is 4.74 Å². The summed E-state index contributed by atoms with van der Waals surface area (Å²) < 4.78 is 34.6. The van der Waals surface area contributed by atoms with Gasteiger partial charge in [0.15, 0.2) is 0 Å². The van der Waals surface area contributed by atoms with Crippen LogP contribution in [0.2, 0.25) is 5.02 Å². The Labute approximate surface area is 180 Å². The lowest BCUT2D eigenvalue weighted by molar-refractivity contribution is 0.151. The molecule has 4 aliphatic rings.